The van der Waals surface area contributed by atoms with Gasteiger partial charge in [-0.15, -0.1) is 0 Å². The highest BCUT2D eigenvalue weighted by atomic mass is 35.5. The van der Waals surface area contributed by atoms with E-state index in [4.69, 9.17) is 16.3 Å². The summed E-state index contributed by atoms with van der Waals surface area (Å²) in [5.41, 5.74) is 2.03. The number of piperidine rings is 1. The van der Waals surface area contributed by atoms with E-state index in [9.17, 15) is 14.0 Å². The van der Waals surface area contributed by atoms with Gasteiger partial charge in [0.1, 0.15) is 11.5 Å². The van der Waals surface area contributed by atoms with Gasteiger partial charge in [-0.1, -0.05) is 11.6 Å². The number of aromatic nitrogens is 4. The van der Waals surface area contributed by atoms with Crippen LogP contribution in [0.15, 0.2) is 36.7 Å². The van der Waals surface area contributed by atoms with Gasteiger partial charge in [0.2, 0.25) is 11.8 Å². The largest absolute Gasteiger partial charge is 0.481 e. The Hall–Kier alpha value is -3.53. The molecule has 1 fully saturated rings. The third kappa shape index (κ3) is 5.28. The molecule has 0 saturated carbocycles. The Bertz CT molecular complexity index is 1150. The maximum Gasteiger partial charge on any atom is 0.271 e. The molecule has 0 aromatic carbocycles. The minimum Gasteiger partial charge on any atom is -0.481 e. The SMILES string of the molecule is COc1cc(-c2cc(C(=O)N3CCC(C(=O)NCc4ccc(F)cn4)CC3)[nH]n2)c(Cl)cn1. The molecule has 11 heteroatoms. The highest BCUT2D eigenvalue weighted by molar-refractivity contribution is 6.33. The number of likely N-dealkylation sites (tertiary alicyclic amines) is 1. The average Bonchev–Trinajstić information content (AvgIpc) is 3.33. The van der Waals surface area contributed by atoms with Crippen LogP contribution in [-0.2, 0) is 11.3 Å². The van der Waals surface area contributed by atoms with Crippen LogP contribution in [0.2, 0.25) is 5.02 Å². The fourth-order valence-corrected chi connectivity index (χ4v) is 3.84. The van der Waals surface area contributed by atoms with Gasteiger partial charge < -0.3 is 15.0 Å². The Morgan fingerprint density at radius 2 is 2.03 bits per heavy atom. The van der Waals surface area contributed by atoms with Gasteiger partial charge in [-0.2, -0.15) is 5.10 Å². The molecule has 0 bridgehead atoms. The fourth-order valence-electron chi connectivity index (χ4n) is 3.64. The number of methoxy groups -OCH3 is 1. The van der Waals surface area contributed by atoms with Crippen LogP contribution >= 0.6 is 11.6 Å². The number of aromatic amines is 1. The average molecular weight is 473 g/mol. The number of H-pyrrole nitrogens is 1. The first-order valence-corrected chi connectivity index (χ1v) is 10.7. The molecular weight excluding hydrogens is 451 g/mol. The quantitative estimate of drug-likeness (QED) is 0.570. The van der Waals surface area contributed by atoms with Crippen LogP contribution in [0, 0.1) is 11.7 Å². The lowest BCUT2D eigenvalue weighted by Gasteiger charge is -2.31. The predicted molar refractivity (Wildman–Crippen MR) is 118 cm³/mol. The van der Waals surface area contributed by atoms with E-state index in [1.54, 1.807) is 17.0 Å². The molecule has 0 radical (unpaired) electrons. The summed E-state index contributed by atoms with van der Waals surface area (Å²) in [6, 6.07) is 6.12. The maximum absolute atomic E-state index is 12.9. The number of hydrogen-bond donors (Lipinski definition) is 2. The second-order valence-corrected chi connectivity index (χ2v) is 8.03. The van der Waals surface area contributed by atoms with E-state index in [1.807, 2.05) is 0 Å². The molecule has 0 unspecified atom stereocenters. The molecule has 1 aliphatic rings. The van der Waals surface area contributed by atoms with Crippen molar-refractivity contribution >= 4 is 23.4 Å². The lowest BCUT2D eigenvalue weighted by Crippen LogP contribution is -2.43. The highest BCUT2D eigenvalue weighted by Crippen LogP contribution is 2.29. The van der Waals surface area contributed by atoms with Crippen LogP contribution in [0.1, 0.15) is 29.0 Å². The van der Waals surface area contributed by atoms with Gasteiger partial charge in [-0.25, -0.2) is 9.37 Å². The molecule has 33 heavy (non-hydrogen) atoms. The Labute approximate surface area is 194 Å². The van der Waals surface area contributed by atoms with Gasteiger partial charge in [-0.05, 0) is 31.0 Å². The van der Waals surface area contributed by atoms with Crippen molar-refractivity contribution in [2.75, 3.05) is 20.2 Å². The lowest BCUT2D eigenvalue weighted by molar-refractivity contribution is -0.126. The Morgan fingerprint density at radius 3 is 2.73 bits per heavy atom. The number of pyridine rings is 2. The Kier molecular flexibility index (Phi) is 6.83. The smallest absolute Gasteiger partial charge is 0.271 e. The Balaban J connectivity index is 1.32. The number of halogens is 2. The van der Waals surface area contributed by atoms with Crippen LogP contribution in [0.4, 0.5) is 4.39 Å². The molecule has 172 valence electrons. The fraction of sp³-hybridized carbons (Fsp3) is 0.318. The summed E-state index contributed by atoms with van der Waals surface area (Å²) in [5, 5.41) is 10.2. The van der Waals surface area contributed by atoms with E-state index in [-0.39, 0.29) is 24.3 Å². The van der Waals surface area contributed by atoms with Crippen molar-refractivity contribution in [2.45, 2.75) is 19.4 Å². The zero-order valence-corrected chi connectivity index (χ0v) is 18.6. The van der Waals surface area contributed by atoms with Gasteiger partial charge in [0.15, 0.2) is 0 Å². The predicted octanol–water partition coefficient (Wildman–Crippen LogP) is 2.84. The third-order valence-corrected chi connectivity index (χ3v) is 5.81. The molecule has 0 atom stereocenters. The van der Waals surface area contributed by atoms with E-state index in [0.717, 1.165) is 6.20 Å². The van der Waals surface area contributed by atoms with Crippen LogP contribution in [0.25, 0.3) is 11.3 Å². The lowest BCUT2D eigenvalue weighted by atomic mass is 9.95. The molecule has 1 saturated heterocycles. The maximum atomic E-state index is 12.9. The molecule has 2 N–H and O–H groups in total. The van der Waals surface area contributed by atoms with Crippen molar-refractivity contribution in [1.29, 1.82) is 0 Å². The van der Waals surface area contributed by atoms with Gasteiger partial charge in [-0.3, -0.25) is 19.7 Å². The van der Waals surface area contributed by atoms with Crippen molar-refractivity contribution in [3.05, 3.63) is 58.9 Å². The van der Waals surface area contributed by atoms with E-state index in [1.165, 1.54) is 25.4 Å². The number of carbonyl (C=O) groups excluding carboxylic acids is 2. The summed E-state index contributed by atoms with van der Waals surface area (Å²) in [7, 11) is 1.50. The third-order valence-electron chi connectivity index (χ3n) is 5.51. The molecule has 3 aromatic heterocycles. The minimum atomic E-state index is -0.421. The number of carbonyl (C=O) groups is 2. The van der Waals surface area contributed by atoms with Crippen molar-refractivity contribution in [1.82, 2.24) is 30.4 Å². The molecule has 4 rings (SSSR count). The first-order chi connectivity index (χ1) is 15.9. The van der Waals surface area contributed by atoms with Gasteiger partial charge in [0.25, 0.3) is 5.91 Å². The van der Waals surface area contributed by atoms with Crippen molar-refractivity contribution in [3.63, 3.8) is 0 Å². The highest BCUT2D eigenvalue weighted by Gasteiger charge is 2.28. The number of nitrogens with zero attached hydrogens (tertiary/aromatic N) is 4. The van der Waals surface area contributed by atoms with Gasteiger partial charge in [0.05, 0.1) is 42.5 Å². The summed E-state index contributed by atoms with van der Waals surface area (Å²) in [5.74, 6) is -0.524. The first kappa shape index (κ1) is 22.7. The van der Waals surface area contributed by atoms with E-state index >= 15 is 0 Å². The molecule has 4 heterocycles. The molecular formula is C22H22ClFN6O3. The summed E-state index contributed by atoms with van der Waals surface area (Å²) in [6.45, 7) is 1.13. The minimum absolute atomic E-state index is 0.0988. The van der Waals surface area contributed by atoms with E-state index in [2.05, 4.69) is 25.5 Å². The van der Waals surface area contributed by atoms with Crippen LogP contribution < -0.4 is 10.1 Å². The summed E-state index contributed by atoms with van der Waals surface area (Å²) < 4.78 is 18.1. The molecule has 0 aliphatic carbocycles. The second kappa shape index (κ2) is 9.95. The van der Waals surface area contributed by atoms with Crippen LogP contribution in [-0.4, -0.2) is 57.1 Å². The summed E-state index contributed by atoms with van der Waals surface area (Å²) in [4.78, 5) is 35.0. The molecule has 0 spiro atoms. The number of rotatable bonds is 6. The zero-order valence-electron chi connectivity index (χ0n) is 17.8. The first-order valence-electron chi connectivity index (χ1n) is 10.4. The summed E-state index contributed by atoms with van der Waals surface area (Å²) in [6.07, 6.45) is 3.67. The molecule has 9 nitrogen and oxygen atoms in total. The van der Waals surface area contributed by atoms with E-state index in [0.29, 0.717) is 59.5 Å². The summed E-state index contributed by atoms with van der Waals surface area (Å²) >= 11 is 6.22. The molecule has 3 aromatic rings. The number of amides is 2. The molecule has 1 aliphatic heterocycles. The topological polar surface area (TPSA) is 113 Å². The number of ether oxygens (including phenoxy) is 1. The van der Waals surface area contributed by atoms with E-state index < -0.39 is 5.82 Å². The normalized spacial score (nSPS) is 14.2. The Morgan fingerprint density at radius 1 is 1.24 bits per heavy atom. The molecule has 2 amide bonds. The number of nitrogens with one attached hydrogen (secondary N) is 2. The van der Waals surface area contributed by atoms with Crippen molar-refractivity contribution in [2.24, 2.45) is 5.92 Å². The van der Waals surface area contributed by atoms with Crippen molar-refractivity contribution < 1.29 is 18.7 Å². The van der Waals surface area contributed by atoms with Crippen LogP contribution in [0.5, 0.6) is 5.88 Å². The monoisotopic (exact) mass is 472 g/mol. The number of hydrogen-bond acceptors (Lipinski definition) is 6. The van der Waals surface area contributed by atoms with Gasteiger partial charge in [0, 0.05) is 30.6 Å². The van der Waals surface area contributed by atoms with Gasteiger partial charge >= 0.3 is 0 Å². The van der Waals surface area contributed by atoms with Crippen molar-refractivity contribution in [3.8, 4) is 17.1 Å². The second-order valence-electron chi connectivity index (χ2n) is 7.63. The van der Waals surface area contributed by atoms with Crippen LogP contribution in [0.3, 0.4) is 0 Å². The standard InChI is InChI=1S/C22H22ClFN6O3/c1-33-20-8-16(17(23)12-26-20)18-9-19(29-28-18)22(32)30-6-4-13(5-7-30)21(31)27-11-15-3-2-14(24)10-25-15/h2-3,8-10,12-13H,4-7,11H2,1H3,(H,27,31)(H,28,29). The zero-order chi connectivity index (χ0) is 23.4.